The molecule has 0 aliphatic heterocycles. The number of hydrogen-bond acceptors (Lipinski definition) is 2. The molecule has 22 heavy (non-hydrogen) atoms. The van der Waals surface area contributed by atoms with E-state index in [4.69, 9.17) is 0 Å². The first-order valence-electron chi connectivity index (χ1n) is 7.43. The van der Waals surface area contributed by atoms with Crippen LogP contribution in [0.1, 0.15) is 9.75 Å². The molecule has 3 heterocycles. The van der Waals surface area contributed by atoms with Crippen LogP contribution in [-0.2, 0) is 7.05 Å². The van der Waals surface area contributed by atoms with Gasteiger partial charge in [-0.25, -0.2) is 0 Å². The van der Waals surface area contributed by atoms with Gasteiger partial charge in [0.15, 0.2) is 0 Å². The molecule has 0 bridgehead atoms. The third kappa shape index (κ3) is 1.58. The Kier molecular flexibility index (Phi) is 2.37. The summed E-state index contributed by atoms with van der Waals surface area (Å²) in [4.78, 5) is 2.76. The molecule has 5 aromatic rings. The maximum atomic E-state index is 2.37. The number of nitrogens with zero attached hydrogens (tertiary/aromatic N) is 1. The van der Waals surface area contributed by atoms with E-state index in [1.165, 1.54) is 51.7 Å². The number of fused-ring (bicyclic) bond motifs is 5. The van der Waals surface area contributed by atoms with Gasteiger partial charge in [0.2, 0.25) is 0 Å². The molecule has 0 spiro atoms. The van der Waals surface area contributed by atoms with Crippen LogP contribution in [0.4, 0.5) is 0 Å². The van der Waals surface area contributed by atoms with E-state index in [1.54, 1.807) is 0 Å². The highest BCUT2D eigenvalue weighted by molar-refractivity contribution is 7.19. The first-order chi connectivity index (χ1) is 10.6. The number of benzene rings is 2. The minimum atomic E-state index is 1.33. The van der Waals surface area contributed by atoms with Gasteiger partial charge in [-0.1, -0.05) is 0 Å². The Balaban J connectivity index is 2.02. The summed E-state index contributed by atoms with van der Waals surface area (Å²) < 4.78 is 5.11. The monoisotopic (exact) mass is 321 g/mol. The third-order valence-corrected chi connectivity index (χ3v) is 6.56. The zero-order valence-electron chi connectivity index (χ0n) is 12.7. The van der Waals surface area contributed by atoms with Crippen molar-refractivity contribution < 1.29 is 0 Å². The van der Waals surface area contributed by atoms with Crippen molar-refractivity contribution in [3.63, 3.8) is 0 Å². The Bertz CT molecular complexity index is 1110. The summed E-state index contributed by atoms with van der Waals surface area (Å²) in [6.07, 6.45) is 0. The molecule has 108 valence electrons. The predicted octanol–water partition coefficient (Wildman–Crippen LogP) is 6.38. The average molecular weight is 321 g/mol. The lowest BCUT2D eigenvalue weighted by Gasteiger charge is -1.98. The Morgan fingerprint density at radius 2 is 1.14 bits per heavy atom. The van der Waals surface area contributed by atoms with Crippen molar-refractivity contribution in [3.05, 3.63) is 46.2 Å². The molecule has 0 saturated heterocycles. The number of thiophene rings is 2. The van der Waals surface area contributed by atoms with E-state index >= 15 is 0 Å². The van der Waals surface area contributed by atoms with E-state index in [0.29, 0.717) is 0 Å². The standard InChI is InChI=1S/C19H15NS2/c1-10-4-12-6-16-14(8-18(12)21-10)15-9-19-13(5-11(2)22-19)7-17(15)20(16)3/h4-9H,1-3H3. The fourth-order valence-corrected chi connectivity index (χ4v) is 5.42. The van der Waals surface area contributed by atoms with Crippen LogP contribution in [0.15, 0.2) is 36.4 Å². The molecular formula is C19H15NS2. The summed E-state index contributed by atoms with van der Waals surface area (Å²) in [5.74, 6) is 0. The van der Waals surface area contributed by atoms with Gasteiger partial charge in [0, 0.05) is 48.0 Å². The molecule has 0 fully saturated rings. The normalized spacial score (nSPS) is 12.3. The second-order valence-electron chi connectivity index (χ2n) is 6.09. The molecule has 0 saturated carbocycles. The van der Waals surface area contributed by atoms with Gasteiger partial charge in [0.1, 0.15) is 0 Å². The van der Waals surface area contributed by atoms with E-state index in [2.05, 4.69) is 61.9 Å². The zero-order valence-corrected chi connectivity index (χ0v) is 14.4. The van der Waals surface area contributed by atoms with Gasteiger partial charge in [-0.2, -0.15) is 0 Å². The second kappa shape index (κ2) is 4.12. The first kappa shape index (κ1) is 12.7. The van der Waals surface area contributed by atoms with Crippen molar-refractivity contribution in [2.24, 2.45) is 7.05 Å². The Labute approximate surface area is 136 Å². The molecule has 0 radical (unpaired) electrons. The van der Waals surface area contributed by atoms with Gasteiger partial charge in [0.05, 0.1) is 0 Å². The van der Waals surface area contributed by atoms with Crippen LogP contribution in [0.3, 0.4) is 0 Å². The number of aryl methyl sites for hydroxylation is 3. The highest BCUT2D eigenvalue weighted by Gasteiger charge is 2.12. The maximum absolute atomic E-state index is 2.37. The fourth-order valence-electron chi connectivity index (χ4n) is 3.53. The number of aromatic nitrogens is 1. The zero-order chi connectivity index (χ0) is 15.0. The Morgan fingerprint density at radius 1 is 0.682 bits per heavy atom. The summed E-state index contributed by atoms with van der Waals surface area (Å²) >= 11 is 3.77. The Morgan fingerprint density at radius 3 is 1.59 bits per heavy atom. The SMILES string of the molecule is Cc1cc2cc3c(cc2s1)c1cc2sc(C)cc2cc1n3C. The molecule has 0 amide bonds. The van der Waals surface area contributed by atoms with Crippen LogP contribution >= 0.6 is 22.7 Å². The van der Waals surface area contributed by atoms with E-state index in [0.717, 1.165) is 0 Å². The van der Waals surface area contributed by atoms with Crippen molar-refractivity contribution >= 4 is 64.7 Å². The van der Waals surface area contributed by atoms with Gasteiger partial charge >= 0.3 is 0 Å². The van der Waals surface area contributed by atoms with Crippen molar-refractivity contribution in [2.45, 2.75) is 13.8 Å². The molecule has 5 rings (SSSR count). The largest absolute Gasteiger partial charge is 0.344 e. The summed E-state index contributed by atoms with van der Waals surface area (Å²) in [7, 11) is 2.18. The lowest BCUT2D eigenvalue weighted by atomic mass is 10.1. The topological polar surface area (TPSA) is 4.93 Å². The average Bonchev–Trinajstić information content (AvgIpc) is 3.09. The third-order valence-electron chi connectivity index (χ3n) is 4.53. The van der Waals surface area contributed by atoms with Gasteiger partial charge < -0.3 is 4.57 Å². The van der Waals surface area contributed by atoms with Crippen LogP contribution in [0.5, 0.6) is 0 Å². The molecule has 3 aromatic heterocycles. The summed E-state index contributed by atoms with van der Waals surface area (Å²) in [6.45, 7) is 4.37. The minimum absolute atomic E-state index is 1.33. The van der Waals surface area contributed by atoms with Gasteiger partial charge in [-0.15, -0.1) is 22.7 Å². The molecule has 2 aromatic carbocycles. The predicted molar refractivity (Wildman–Crippen MR) is 101 cm³/mol. The molecule has 1 nitrogen and oxygen atoms in total. The van der Waals surface area contributed by atoms with Crippen LogP contribution in [0.2, 0.25) is 0 Å². The van der Waals surface area contributed by atoms with Gasteiger partial charge in [-0.3, -0.25) is 0 Å². The molecule has 0 N–H and O–H groups in total. The lowest BCUT2D eigenvalue weighted by molar-refractivity contribution is 1.02. The molecule has 0 atom stereocenters. The van der Waals surface area contributed by atoms with E-state index < -0.39 is 0 Å². The van der Waals surface area contributed by atoms with Gasteiger partial charge in [0.25, 0.3) is 0 Å². The maximum Gasteiger partial charge on any atom is 0.0495 e. The summed E-state index contributed by atoms with van der Waals surface area (Å²) in [6, 6.07) is 14.0. The summed E-state index contributed by atoms with van der Waals surface area (Å²) in [5, 5.41) is 5.47. The second-order valence-corrected chi connectivity index (χ2v) is 8.66. The first-order valence-corrected chi connectivity index (χ1v) is 9.06. The molecule has 0 unspecified atom stereocenters. The smallest absolute Gasteiger partial charge is 0.0495 e. The molecular weight excluding hydrogens is 306 g/mol. The van der Waals surface area contributed by atoms with Crippen molar-refractivity contribution in [3.8, 4) is 0 Å². The Hall–Kier alpha value is -1.84. The molecule has 0 aliphatic carbocycles. The molecule has 3 heteroatoms. The lowest BCUT2D eigenvalue weighted by Crippen LogP contribution is -1.85. The van der Waals surface area contributed by atoms with Crippen molar-refractivity contribution in [1.82, 2.24) is 4.57 Å². The van der Waals surface area contributed by atoms with E-state index in [9.17, 15) is 0 Å². The number of hydrogen-bond donors (Lipinski definition) is 0. The quantitative estimate of drug-likeness (QED) is 0.312. The van der Waals surface area contributed by atoms with E-state index in [1.807, 2.05) is 22.7 Å². The molecule has 0 aliphatic rings. The fraction of sp³-hybridized carbons (Fsp3) is 0.158. The van der Waals surface area contributed by atoms with Crippen LogP contribution in [0.25, 0.3) is 42.0 Å². The summed E-state index contributed by atoms with van der Waals surface area (Å²) in [5.41, 5.74) is 2.66. The van der Waals surface area contributed by atoms with Crippen LogP contribution in [0, 0.1) is 13.8 Å². The van der Waals surface area contributed by atoms with Crippen LogP contribution < -0.4 is 0 Å². The van der Waals surface area contributed by atoms with Gasteiger partial charge in [-0.05, 0) is 61.0 Å². The highest BCUT2D eigenvalue weighted by atomic mass is 32.1. The van der Waals surface area contributed by atoms with Crippen molar-refractivity contribution in [1.29, 1.82) is 0 Å². The van der Waals surface area contributed by atoms with Crippen LogP contribution in [-0.4, -0.2) is 4.57 Å². The highest BCUT2D eigenvalue weighted by Crippen LogP contribution is 2.38. The number of rotatable bonds is 0. The van der Waals surface area contributed by atoms with E-state index in [-0.39, 0.29) is 0 Å². The van der Waals surface area contributed by atoms with Crippen molar-refractivity contribution in [2.75, 3.05) is 0 Å². The minimum Gasteiger partial charge on any atom is -0.344 e.